The lowest BCUT2D eigenvalue weighted by atomic mass is 9.72. The normalized spacial score (nSPS) is 15.6. The van der Waals surface area contributed by atoms with Crippen molar-refractivity contribution in [2.75, 3.05) is 19.6 Å². The minimum absolute atomic E-state index is 0.128. The fraction of sp³-hybridized carbons (Fsp3) is 0.400. The van der Waals surface area contributed by atoms with Crippen molar-refractivity contribution in [1.29, 1.82) is 0 Å². The van der Waals surface area contributed by atoms with Crippen molar-refractivity contribution < 1.29 is 15.0 Å². The van der Waals surface area contributed by atoms with Crippen LogP contribution < -0.4 is 0 Å². The summed E-state index contributed by atoms with van der Waals surface area (Å²) >= 11 is 0. The van der Waals surface area contributed by atoms with Crippen LogP contribution in [0.5, 0.6) is 0 Å². The van der Waals surface area contributed by atoms with Gasteiger partial charge >= 0.3 is 0 Å². The number of hydrogen-bond donors (Lipinski definition) is 2. The van der Waals surface area contributed by atoms with Crippen LogP contribution in [-0.4, -0.2) is 41.0 Å². The summed E-state index contributed by atoms with van der Waals surface area (Å²) in [6, 6.07) is 28.7. The number of carbonyl (C=O) groups excluding carboxylic acids is 1. The third kappa shape index (κ3) is 8.22. The maximum Gasteiger partial charge on any atom is 0.142 e. The van der Waals surface area contributed by atoms with Crippen LogP contribution in [0, 0.1) is 5.92 Å². The highest BCUT2D eigenvalue weighted by molar-refractivity contribution is 5.63. The lowest BCUT2D eigenvalue weighted by molar-refractivity contribution is -0.104. The van der Waals surface area contributed by atoms with Crippen LogP contribution in [-0.2, 0) is 15.8 Å². The van der Waals surface area contributed by atoms with Gasteiger partial charge in [-0.2, -0.15) is 0 Å². The number of carbonyl (C=O) groups is 1. The molecule has 39 heavy (non-hydrogen) atoms. The Kier molecular flexibility index (Phi) is 11.2. The van der Waals surface area contributed by atoms with Crippen molar-refractivity contribution in [1.82, 2.24) is 4.90 Å². The Bertz CT molecular complexity index is 1080. The van der Waals surface area contributed by atoms with E-state index in [4.69, 9.17) is 4.79 Å². The largest absolute Gasteiger partial charge is 0.388 e. The van der Waals surface area contributed by atoms with Crippen LogP contribution in [0.2, 0.25) is 0 Å². The topological polar surface area (TPSA) is 60.8 Å². The van der Waals surface area contributed by atoms with Crippen molar-refractivity contribution in [3.05, 3.63) is 120 Å². The number of benzene rings is 3. The average molecular weight is 528 g/mol. The van der Waals surface area contributed by atoms with E-state index in [9.17, 15) is 10.2 Å². The zero-order valence-corrected chi connectivity index (χ0v) is 23.8. The molecule has 1 saturated heterocycles. The molecule has 208 valence electrons. The molecule has 1 fully saturated rings. The lowest BCUT2D eigenvalue weighted by Crippen LogP contribution is -2.44. The Balaban J connectivity index is 0.000000983. The highest BCUT2D eigenvalue weighted by Gasteiger charge is 2.41. The summed E-state index contributed by atoms with van der Waals surface area (Å²) in [5.74, 6) is 0.176. The molecule has 0 aliphatic carbocycles. The van der Waals surface area contributed by atoms with Gasteiger partial charge in [-0.15, -0.1) is 0 Å². The summed E-state index contributed by atoms with van der Waals surface area (Å²) < 4.78 is 0. The summed E-state index contributed by atoms with van der Waals surface area (Å²) in [6.07, 6.45) is 5.07. The van der Waals surface area contributed by atoms with Crippen molar-refractivity contribution in [2.24, 2.45) is 5.92 Å². The molecular weight excluding hydrogens is 482 g/mol. The van der Waals surface area contributed by atoms with E-state index in [2.05, 4.69) is 80.8 Å². The monoisotopic (exact) mass is 527 g/mol. The van der Waals surface area contributed by atoms with Gasteiger partial charge in [0.25, 0.3) is 0 Å². The first-order chi connectivity index (χ1) is 18.7. The molecule has 0 radical (unpaired) electrons. The van der Waals surface area contributed by atoms with E-state index in [1.165, 1.54) is 11.6 Å². The molecule has 1 atom stereocenters. The molecule has 3 aromatic carbocycles. The molecular formula is C35H45NO3. The van der Waals surface area contributed by atoms with Gasteiger partial charge < -0.3 is 15.1 Å². The average Bonchev–Trinajstić information content (AvgIpc) is 2.97. The third-order valence-electron chi connectivity index (χ3n) is 7.82. The van der Waals surface area contributed by atoms with E-state index in [0.29, 0.717) is 6.29 Å². The van der Waals surface area contributed by atoms with Crippen LogP contribution in [0.25, 0.3) is 0 Å². The van der Waals surface area contributed by atoms with Gasteiger partial charge in [-0.3, -0.25) is 4.79 Å². The molecule has 4 heteroatoms. The second kappa shape index (κ2) is 14.4. The minimum atomic E-state index is -0.968. The molecule has 0 aromatic heterocycles. The number of aliphatic hydroxyl groups is 2. The summed E-state index contributed by atoms with van der Waals surface area (Å²) in [5.41, 5.74) is 3.41. The molecule has 1 heterocycles. The van der Waals surface area contributed by atoms with Crippen LogP contribution in [0.15, 0.2) is 97.6 Å². The van der Waals surface area contributed by atoms with Crippen LogP contribution in [0.1, 0.15) is 74.8 Å². The highest BCUT2D eigenvalue weighted by atomic mass is 16.3. The SMILES string of the molecule is C=CC=O.CC(C)(C)c1ccc(C(O)CCCN2CCC(C(O)(c3ccccc3)c3ccccc3)CC2)cc1. The Labute approximate surface area is 235 Å². The summed E-state index contributed by atoms with van der Waals surface area (Å²) in [5, 5.41) is 22.8. The maximum atomic E-state index is 12.1. The van der Waals surface area contributed by atoms with E-state index in [1.54, 1.807) is 0 Å². The van der Waals surface area contributed by atoms with E-state index in [0.717, 1.165) is 62.0 Å². The van der Waals surface area contributed by atoms with Gasteiger partial charge in [0.15, 0.2) is 0 Å². The van der Waals surface area contributed by atoms with Crippen LogP contribution in [0.3, 0.4) is 0 Å². The Morgan fingerprint density at radius 1 is 0.872 bits per heavy atom. The molecule has 0 saturated carbocycles. The van der Waals surface area contributed by atoms with Gasteiger partial charge in [-0.1, -0.05) is 112 Å². The second-order valence-electron chi connectivity index (χ2n) is 11.5. The van der Waals surface area contributed by atoms with E-state index >= 15 is 0 Å². The molecule has 1 aliphatic rings. The molecule has 0 bridgehead atoms. The molecule has 3 aromatic rings. The smallest absolute Gasteiger partial charge is 0.142 e. The van der Waals surface area contributed by atoms with E-state index in [1.807, 2.05) is 36.4 Å². The first-order valence-electron chi connectivity index (χ1n) is 14.1. The predicted octanol–water partition coefficient (Wildman–Crippen LogP) is 6.82. The highest BCUT2D eigenvalue weighted by Crippen LogP contribution is 2.42. The van der Waals surface area contributed by atoms with Crippen molar-refractivity contribution in [2.45, 2.75) is 63.6 Å². The Hall–Kier alpha value is -3.05. The number of aliphatic hydroxyl groups excluding tert-OH is 1. The van der Waals surface area contributed by atoms with Crippen LogP contribution in [0.4, 0.5) is 0 Å². The zero-order valence-electron chi connectivity index (χ0n) is 23.8. The van der Waals surface area contributed by atoms with Crippen LogP contribution >= 0.6 is 0 Å². The summed E-state index contributed by atoms with van der Waals surface area (Å²) in [7, 11) is 0. The van der Waals surface area contributed by atoms with Gasteiger partial charge in [0.05, 0.1) is 6.10 Å². The van der Waals surface area contributed by atoms with Gasteiger partial charge in [-0.05, 0) is 85.0 Å². The molecule has 2 N–H and O–H groups in total. The molecule has 4 rings (SSSR count). The summed E-state index contributed by atoms with van der Waals surface area (Å²) in [6.45, 7) is 12.7. The van der Waals surface area contributed by atoms with Gasteiger partial charge in [0.2, 0.25) is 0 Å². The first-order valence-corrected chi connectivity index (χ1v) is 14.1. The van der Waals surface area contributed by atoms with Gasteiger partial charge in [0.1, 0.15) is 11.9 Å². The Morgan fingerprint density at radius 2 is 1.36 bits per heavy atom. The fourth-order valence-electron chi connectivity index (χ4n) is 5.48. The molecule has 0 amide bonds. The zero-order chi connectivity index (χ0) is 28.3. The number of nitrogens with zero attached hydrogens (tertiary/aromatic N) is 1. The van der Waals surface area contributed by atoms with Crippen molar-refractivity contribution in [3.63, 3.8) is 0 Å². The molecule has 1 aliphatic heterocycles. The van der Waals surface area contributed by atoms with Gasteiger partial charge in [0, 0.05) is 0 Å². The molecule has 0 spiro atoms. The second-order valence-corrected chi connectivity index (χ2v) is 11.5. The number of likely N-dealkylation sites (tertiary alicyclic amines) is 1. The number of allylic oxidation sites excluding steroid dienone is 1. The number of rotatable bonds is 9. The van der Waals surface area contributed by atoms with E-state index < -0.39 is 11.7 Å². The van der Waals surface area contributed by atoms with Crippen molar-refractivity contribution in [3.8, 4) is 0 Å². The van der Waals surface area contributed by atoms with Crippen molar-refractivity contribution >= 4 is 6.29 Å². The number of aldehydes is 1. The third-order valence-corrected chi connectivity index (χ3v) is 7.82. The van der Waals surface area contributed by atoms with Gasteiger partial charge in [-0.25, -0.2) is 0 Å². The van der Waals surface area contributed by atoms with E-state index in [-0.39, 0.29) is 11.3 Å². The Morgan fingerprint density at radius 3 is 1.79 bits per heavy atom. The molecule has 1 unspecified atom stereocenters. The number of hydrogen-bond acceptors (Lipinski definition) is 4. The fourth-order valence-corrected chi connectivity index (χ4v) is 5.48. The molecule has 4 nitrogen and oxygen atoms in total. The number of piperidine rings is 1. The minimum Gasteiger partial charge on any atom is -0.388 e. The maximum absolute atomic E-state index is 12.1. The lowest BCUT2D eigenvalue weighted by Gasteiger charge is -2.42. The standard InChI is InChI=1S/C32H41NO2.C3H4O/c1-31(2,3)26-18-16-25(17-19-26)30(34)15-10-22-33-23-20-29(21-24-33)32(35,27-11-6-4-7-12-27)28-13-8-5-9-14-28;1-2-3-4/h4-9,11-14,16-19,29-30,34-35H,10,15,20-24H2,1-3H3;2-3H,1H2. The first kappa shape index (κ1) is 30.5. The predicted molar refractivity (Wildman–Crippen MR) is 161 cm³/mol. The summed E-state index contributed by atoms with van der Waals surface area (Å²) in [4.78, 5) is 11.5. The quantitative estimate of drug-likeness (QED) is 0.237.